The van der Waals surface area contributed by atoms with Crippen molar-refractivity contribution in [1.82, 2.24) is 9.97 Å². The number of nitrogens with zero attached hydrogens (tertiary/aromatic N) is 2. The topological polar surface area (TPSA) is 63.8 Å². The van der Waals surface area contributed by atoms with Gasteiger partial charge < -0.3 is 11.1 Å². The molecule has 0 aliphatic carbocycles. The quantitative estimate of drug-likeness (QED) is 0.859. The Balaban J connectivity index is 2.80. The molecule has 3 N–H and O–H groups in total. The van der Waals surface area contributed by atoms with Gasteiger partial charge in [0.2, 0.25) is 0 Å². The van der Waals surface area contributed by atoms with Gasteiger partial charge >= 0.3 is 0 Å². The van der Waals surface area contributed by atoms with E-state index >= 15 is 0 Å². The van der Waals surface area contributed by atoms with E-state index in [1.54, 1.807) is 6.07 Å². The van der Waals surface area contributed by atoms with Crippen molar-refractivity contribution in [3.05, 3.63) is 11.9 Å². The highest BCUT2D eigenvalue weighted by Crippen LogP contribution is 2.21. The van der Waals surface area contributed by atoms with Crippen molar-refractivity contribution in [3.8, 4) is 0 Å². The Morgan fingerprint density at radius 2 is 2.06 bits per heavy atom. The minimum atomic E-state index is -0.0901. The molecule has 0 aliphatic rings. The number of anilines is 2. The Hall–Kier alpha value is -0.970. The van der Waals surface area contributed by atoms with Crippen LogP contribution in [0, 0.1) is 0 Å². The average Bonchev–Trinajstić information content (AvgIpc) is 2.24. The van der Waals surface area contributed by atoms with Gasteiger partial charge in [0.25, 0.3) is 0 Å². The number of thioether (sulfide) groups is 1. The molecule has 0 radical (unpaired) electrons. The van der Waals surface area contributed by atoms with Crippen molar-refractivity contribution < 1.29 is 0 Å². The molecule has 5 heteroatoms. The monoisotopic (exact) mass is 268 g/mol. The van der Waals surface area contributed by atoms with Crippen LogP contribution >= 0.6 is 11.8 Å². The first kappa shape index (κ1) is 15.1. The molecule has 0 spiro atoms. The van der Waals surface area contributed by atoms with E-state index < -0.39 is 0 Å². The largest absolute Gasteiger partial charge is 0.384 e. The van der Waals surface area contributed by atoms with Gasteiger partial charge in [0.1, 0.15) is 17.5 Å². The summed E-state index contributed by atoms with van der Waals surface area (Å²) in [5, 5.41) is 3.38. The molecule has 0 aromatic carbocycles. The van der Waals surface area contributed by atoms with Gasteiger partial charge in [-0.3, -0.25) is 0 Å². The number of aromatic nitrogens is 2. The molecule has 0 bridgehead atoms. The molecule has 0 saturated heterocycles. The van der Waals surface area contributed by atoms with Gasteiger partial charge in [-0.25, -0.2) is 9.97 Å². The first-order valence-corrected chi connectivity index (χ1v) is 7.47. The van der Waals surface area contributed by atoms with Crippen LogP contribution in [0.1, 0.15) is 40.4 Å². The van der Waals surface area contributed by atoms with Crippen LogP contribution in [0.4, 0.5) is 11.6 Å². The number of hydrogen-bond acceptors (Lipinski definition) is 5. The number of nitrogens with two attached hydrogens (primary N) is 1. The van der Waals surface area contributed by atoms with E-state index in [4.69, 9.17) is 5.73 Å². The Morgan fingerprint density at radius 3 is 2.61 bits per heavy atom. The van der Waals surface area contributed by atoms with Crippen molar-refractivity contribution in [3.63, 3.8) is 0 Å². The zero-order valence-corrected chi connectivity index (χ0v) is 12.8. The molecule has 4 nitrogen and oxygen atoms in total. The van der Waals surface area contributed by atoms with Crippen LogP contribution in [0.25, 0.3) is 0 Å². The number of rotatable bonds is 5. The fourth-order valence-corrected chi connectivity index (χ4v) is 2.14. The zero-order valence-electron chi connectivity index (χ0n) is 11.9. The molecule has 1 unspecified atom stereocenters. The van der Waals surface area contributed by atoms with E-state index in [0.29, 0.717) is 11.9 Å². The Morgan fingerprint density at radius 1 is 1.39 bits per heavy atom. The first-order valence-electron chi connectivity index (χ1n) is 6.32. The summed E-state index contributed by atoms with van der Waals surface area (Å²) in [5.74, 6) is 4.31. The van der Waals surface area contributed by atoms with Gasteiger partial charge in [0, 0.05) is 23.3 Å². The average molecular weight is 268 g/mol. The normalized spacial score (nSPS) is 13.4. The van der Waals surface area contributed by atoms with E-state index in [1.165, 1.54) is 0 Å². The molecular weight excluding hydrogens is 244 g/mol. The fraction of sp³-hybridized carbons (Fsp3) is 0.692. The van der Waals surface area contributed by atoms with E-state index in [2.05, 4.69) is 49.9 Å². The molecule has 102 valence electrons. The summed E-state index contributed by atoms with van der Waals surface area (Å²) in [4.78, 5) is 8.84. The van der Waals surface area contributed by atoms with Gasteiger partial charge in [0.05, 0.1) is 0 Å². The molecule has 1 atom stereocenters. The van der Waals surface area contributed by atoms with Gasteiger partial charge in [-0.05, 0) is 12.7 Å². The third kappa shape index (κ3) is 4.72. The second-order valence-electron chi connectivity index (χ2n) is 5.46. The van der Waals surface area contributed by atoms with Gasteiger partial charge in [-0.1, -0.05) is 27.7 Å². The van der Waals surface area contributed by atoms with Gasteiger partial charge in [-0.15, -0.1) is 0 Å². The standard InChI is InChI=1S/C13H24N4S/c1-6-18-8-9(2)15-11-7-10(14)16-12(17-11)13(3,4)5/h7,9H,6,8H2,1-5H3,(H3,14,15,16,17). The third-order valence-corrected chi connectivity index (χ3v) is 3.53. The number of hydrogen-bond donors (Lipinski definition) is 2. The minimum absolute atomic E-state index is 0.0901. The lowest BCUT2D eigenvalue weighted by atomic mass is 9.96. The van der Waals surface area contributed by atoms with Crippen LogP contribution in [0.5, 0.6) is 0 Å². The summed E-state index contributed by atoms with van der Waals surface area (Å²) in [6.07, 6.45) is 0. The van der Waals surface area contributed by atoms with Crippen LogP contribution in [0.3, 0.4) is 0 Å². The van der Waals surface area contributed by atoms with Crippen LogP contribution in [-0.2, 0) is 5.41 Å². The molecule has 1 aromatic rings. The lowest BCUT2D eigenvalue weighted by molar-refractivity contribution is 0.546. The fourth-order valence-electron chi connectivity index (χ4n) is 1.46. The van der Waals surface area contributed by atoms with Gasteiger partial charge in [0.15, 0.2) is 0 Å². The van der Waals surface area contributed by atoms with E-state index in [1.807, 2.05) is 11.8 Å². The molecule has 1 aromatic heterocycles. The van der Waals surface area contributed by atoms with E-state index in [9.17, 15) is 0 Å². The highest BCUT2D eigenvalue weighted by atomic mass is 32.2. The highest BCUT2D eigenvalue weighted by molar-refractivity contribution is 7.99. The van der Waals surface area contributed by atoms with Gasteiger partial charge in [-0.2, -0.15) is 11.8 Å². The second kappa shape index (κ2) is 6.27. The molecule has 1 rings (SSSR count). The lowest BCUT2D eigenvalue weighted by Gasteiger charge is -2.19. The molecule has 1 heterocycles. The van der Waals surface area contributed by atoms with Crippen molar-refractivity contribution >= 4 is 23.4 Å². The predicted molar refractivity (Wildman–Crippen MR) is 81.2 cm³/mol. The van der Waals surface area contributed by atoms with Crippen molar-refractivity contribution in [2.45, 2.75) is 46.1 Å². The number of nitrogens with one attached hydrogen (secondary N) is 1. The molecule has 18 heavy (non-hydrogen) atoms. The first-order chi connectivity index (χ1) is 8.32. The highest BCUT2D eigenvalue weighted by Gasteiger charge is 2.19. The smallest absolute Gasteiger partial charge is 0.138 e. The Labute approximate surface area is 114 Å². The van der Waals surface area contributed by atoms with Crippen LogP contribution in [0.15, 0.2) is 6.07 Å². The zero-order chi connectivity index (χ0) is 13.8. The molecular formula is C13H24N4S. The third-order valence-electron chi connectivity index (χ3n) is 2.38. The molecule has 0 fully saturated rings. The maximum Gasteiger partial charge on any atom is 0.138 e. The van der Waals surface area contributed by atoms with Crippen LogP contribution in [-0.4, -0.2) is 27.5 Å². The number of nitrogen functional groups attached to an aromatic ring is 1. The van der Waals surface area contributed by atoms with Crippen molar-refractivity contribution in [2.75, 3.05) is 22.6 Å². The van der Waals surface area contributed by atoms with E-state index in [-0.39, 0.29) is 5.41 Å². The predicted octanol–water partition coefficient (Wildman–Crippen LogP) is 2.91. The summed E-state index contributed by atoms with van der Waals surface area (Å²) >= 11 is 1.91. The lowest BCUT2D eigenvalue weighted by Crippen LogP contribution is -2.22. The SMILES string of the molecule is CCSCC(C)Nc1cc(N)nc(C(C)(C)C)n1. The summed E-state index contributed by atoms with van der Waals surface area (Å²) in [6.45, 7) is 10.6. The van der Waals surface area contributed by atoms with Crippen LogP contribution in [0.2, 0.25) is 0 Å². The molecule has 0 saturated carbocycles. The Bertz CT molecular complexity index is 387. The van der Waals surface area contributed by atoms with E-state index in [0.717, 1.165) is 23.1 Å². The van der Waals surface area contributed by atoms with Crippen molar-refractivity contribution in [2.24, 2.45) is 0 Å². The summed E-state index contributed by atoms with van der Waals surface area (Å²) in [6, 6.07) is 2.17. The summed E-state index contributed by atoms with van der Waals surface area (Å²) in [7, 11) is 0. The van der Waals surface area contributed by atoms with Crippen LogP contribution < -0.4 is 11.1 Å². The Kier molecular flexibility index (Phi) is 5.26. The second-order valence-corrected chi connectivity index (χ2v) is 6.78. The maximum atomic E-state index is 5.84. The maximum absolute atomic E-state index is 5.84. The minimum Gasteiger partial charge on any atom is -0.384 e. The summed E-state index contributed by atoms with van der Waals surface area (Å²) in [5.41, 5.74) is 5.75. The van der Waals surface area contributed by atoms with Crippen molar-refractivity contribution in [1.29, 1.82) is 0 Å². The summed E-state index contributed by atoms with van der Waals surface area (Å²) < 4.78 is 0. The molecule has 0 amide bonds. The molecule has 0 aliphatic heterocycles.